The number of imidazole rings is 1. The number of phosphoric ester groups is 1. The smallest absolute Gasteiger partial charge is 0.396 e. The van der Waals surface area contributed by atoms with Gasteiger partial charge in [-0.1, -0.05) is 0 Å². The van der Waals surface area contributed by atoms with Gasteiger partial charge in [-0.15, -0.1) is 0 Å². The van der Waals surface area contributed by atoms with Crippen molar-refractivity contribution in [2.45, 2.75) is 18.4 Å². The number of aliphatic hydroxyl groups excluding tert-OH is 2. The summed E-state index contributed by atoms with van der Waals surface area (Å²) in [6.07, 6.45) is -2.17. The molecule has 2 aromatic rings. The molecule has 1 saturated heterocycles. The molecule has 138 valence electrons. The molecule has 0 radical (unpaired) electrons. The number of rotatable bonds is 5. The van der Waals surface area contributed by atoms with E-state index in [0.717, 1.165) is 0 Å². The fourth-order valence-corrected chi connectivity index (χ4v) is 3.05. The van der Waals surface area contributed by atoms with E-state index in [1.165, 1.54) is 10.9 Å². The van der Waals surface area contributed by atoms with Crippen molar-refractivity contribution in [3.63, 3.8) is 0 Å². The zero-order valence-electron chi connectivity index (χ0n) is 12.6. The van der Waals surface area contributed by atoms with Crippen molar-refractivity contribution in [3.8, 4) is 0 Å². The highest BCUT2D eigenvalue weighted by atomic mass is 31.2. The Bertz CT molecular complexity index is 877. The van der Waals surface area contributed by atoms with Crippen LogP contribution in [0.4, 0.5) is 5.95 Å². The Morgan fingerprint density at radius 2 is 2.20 bits per heavy atom. The monoisotopic (exact) mass is 377 g/mol. The van der Waals surface area contributed by atoms with Gasteiger partial charge >= 0.3 is 7.82 Å². The van der Waals surface area contributed by atoms with E-state index in [4.69, 9.17) is 20.3 Å². The third kappa shape index (κ3) is 3.43. The molecule has 3 heterocycles. The largest absolute Gasteiger partial charge is 0.469 e. The molecule has 0 spiro atoms. The minimum absolute atomic E-state index is 0.0273. The number of nitrogens with two attached hydrogens (primary N) is 1. The van der Waals surface area contributed by atoms with Crippen molar-refractivity contribution in [2.24, 2.45) is 5.92 Å². The number of aliphatic hydroxyl groups is 2. The van der Waals surface area contributed by atoms with Gasteiger partial charge in [0.2, 0.25) is 5.95 Å². The van der Waals surface area contributed by atoms with Gasteiger partial charge in [-0.05, 0) is 0 Å². The maximum absolute atomic E-state index is 11.8. The van der Waals surface area contributed by atoms with Crippen LogP contribution in [0.2, 0.25) is 0 Å². The molecule has 0 aliphatic carbocycles. The molecular weight excluding hydrogens is 361 g/mol. The lowest BCUT2D eigenvalue weighted by Gasteiger charge is -2.17. The standard InChI is InChI=1S/C11H16N5O8P/c12-11-14-8-6(9(19)15-11)13-3-16(8)10-7(18)4(1-17)5(24-10)2-23-25(20,21)22/h3-5,7,10,17-18H,1-2H2,(H2,20,21,22)(H3,12,14,15,19)/t4?,5-,7?,10-/m1/s1. The van der Waals surface area contributed by atoms with Crippen molar-refractivity contribution in [1.29, 1.82) is 0 Å². The van der Waals surface area contributed by atoms with Crippen LogP contribution in [0.3, 0.4) is 0 Å². The van der Waals surface area contributed by atoms with Crippen molar-refractivity contribution in [3.05, 3.63) is 16.7 Å². The minimum atomic E-state index is -4.74. The average molecular weight is 377 g/mol. The van der Waals surface area contributed by atoms with Gasteiger partial charge < -0.3 is 30.5 Å². The molecule has 1 fully saturated rings. The summed E-state index contributed by atoms with van der Waals surface area (Å²) in [7, 11) is -4.74. The van der Waals surface area contributed by atoms with E-state index >= 15 is 0 Å². The molecule has 0 bridgehead atoms. The van der Waals surface area contributed by atoms with Crippen molar-refractivity contribution >= 4 is 24.9 Å². The lowest BCUT2D eigenvalue weighted by atomic mass is 9.99. The molecule has 4 atom stereocenters. The SMILES string of the molecule is Nc1nc2c(ncn2[C@@H]2O[C@H](COP(=O)(O)O)C(CO)C2O)c(=O)[nH]1. The van der Waals surface area contributed by atoms with Crippen molar-refractivity contribution < 1.29 is 33.8 Å². The van der Waals surface area contributed by atoms with Gasteiger partial charge in [0.05, 0.1) is 25.6 Å². The number of fused-ring (bicyclic) bond motifs is 1. The molecule has 2 aromatic heterocycles. The molecule has 0 amide bonds. The summed E-state index contributed by atoms with van der Waals surface area (Å²) >= 11 is 0. The average Bonchev–Trinajstić information content (AvgIpc) is 3.05. The van der Waals surface area contributed by atoms with E-state index in [9.17, 15) is 19.6 Å². The highest BCUT2D eigenvalue weighted by molar-refractivity contribution is 7.46. The highest BCUT2D eigenvalue weighted by Gasteiger charge is 2.45. The van der Waals surface area contributed by atoms with Crippen LogP contribution in [0.1, 0.15) is 6.23 Å². The molecule has 13 nitrogen and oxygen atoms in total. The Balaban J connectivity index is 1.93. The van der Waals surface area contributed by atoms with Gasteiger partial charge in [-0.3, -0.25) is 18.9 Å². The molecule has 0 aromatic carbocycles. The fourth-order valence-electron chi connectivity index (χ4n) is 2.71. The topological polar surface area (TPSA) is 206 Å². The third-order valence-electron chi connectivity index (χ3n) is 3.87. The first-order valence-electron chi connectivity index (χ1n) is 7.08. The maximum Gasteiger partial charge on any atom is 0.469 e. The molecule has 14 heteroatoms. The molecule has 3 rings (SSSR count). The van der Waals surface area contributed by atoms with Gasteiger partial charge in [-0.2, -0.15) is 4.98 Å². The van der Waals surface area contributed by atoms with Gasteiger partial charge in [0.15, 0.2) is 17.4 Å². The van der Waals surface area contributed by atoms with Crippen LogP contribution < -0.4 is 11.3 Å². The van der Waals surface area contributed by atoms with E-state index in [1.54, 1.807) is 0 Å². The Morgan fingerprint density at radius 1 is 1.48 bits per heavy atom. The predicted octanol–water partition coefficient (Wildman–Crippen LogP) is -2.32. The Morgan fingerprint density at radius 3 is 2.84 bits per heavy atom. The zero-order valence-corrected chi connectivity index (χ0v) is 13.5. The summed E-state index contributed by atoms with van der Waals surface area (Å²) in [5.41, 5.74) is 4.96. The summed E-state index contributed by atoms with van der Waals surface area (Å²) in [5, 5.41) is 19.8. The second-order valence-electron chi connectivity index (χ2n) is 5.46. The first kappa shape index (κ1) is 17.9. The molecular formula is C11H16N5O8P. The summed E-state index contributed by atoms with van der Waals surface area (Å²) in [6.45, 7) is -1.07. The van der Waals surface area contributed by atoms with Gasteiger partial charge in [0.25, 0.3) is 5.56 Å². The summed E-state index contributed by atoms with van der Waals surface area (Å²) in [6, 6.07) is 0. The van der Waals surface area contributed by atoms with E-state index < -0.39 is 50.9 Å². The van der Waals surface area contributed by atoms with Crippen molar-refractivity contribution in [2.75, 3.05) is 18.9 Å². The van der Waals surface area contributed by atoms with Crippen LogP contribution in [-0.4, -0.2) is 64.9 Å². The third-order valence-corrected chi connectivity index (χ3v) is 4.35. The van der Waals surface area contributed by atoms with Crippen LogP contribution in [-0.2, 0) is 13.8 Å². The number of aromatic nitrogens is 4. The zero-order chi connectivity index (χ0) is 18.4. The van der Waals surface area contributed by atoms with Gasteiger partial charge in [-0.25, -0.2) is 9.55 Å². The van der Waals surface area contributed by atoms with E-state index in [2.05, 4.69) is 19.5 Å². The maximum atomic E-state index is 11.8. The highest BCUT2D eigenvalue weighted by Crippen LogP contribution is 2.40. The molecule has 7 N–H and O–H groups in total. The summed E-state index contributed by atoms with van der Waals surface area (Å²) in [5.74, 6) is -1.04. The van der Waals surface area contributed by atoms with Crippen LogP contribution in [0.15, 0.2) is 11.1 Å². The number of nitrogens with one attached hydrogen (secondary N) is 1. The molecule has 1 aliphatic heterocycles. The quantitative estimate of drug-likeness (QED) is 0.305. The van der Waals surface area contributed by atoms with Gasteiger partial charge in [0.1, 0.15) is 6.10 Å². The van der Waals surface area contributed by atoms with Crippen molar-refractivity contribution in [1.82, 2.24) is 19.5 Å². The number of H-pyrrole nitrogens is 1. The van der Waals surface area contributed by atoms with E-state index in [-0.39, 0.29) is 17.1 Å². The fraction of sp³-hybridized carbons (Fsp3) is 0.545. The van der Waals surface area contributed by atoms with Crippen LogP contribution in [0, 0.1) is 5.92 Å². The first-order valence-corrected chi connectivity index (χ1v) is 8.61. The Labute approximate surface area is 139 Å². The molecule has 25 heavy (non-hydrogen) atoms. The first-order chi connectivity index (χ1) is 11.7. The summed E-state index contributed by atoms with van der Waals surface area (Å²) in [4.78, 5) is 39.5. The summed E-state index contributed by atoms with van der Waals surface area (Å²) < 4.78 is 22.0. The molecule has 2 unspecified atom stereocenters. The Kier molecular flexibility index (Phi) is 4.64. The lowest BCUT2D eigenvalue weighted by molar-refractivity contribution is -0.0490. The number of hydrogen-bond donors (Lipinski definition) is 6. The predicted molar refractivity (Wildman–Crippen MR) is 81.0 cm³/mol. The number of aromatic amines is 1. The number of phosphoric acid groups is 1. The van der Waals surface area contributed by atoms with Crippen LogP contribution >= 0.6 is 7.82 Å². The normalized spacial score (nSPS) is 27.2. The van der Waals surface area contributed by atoms with Gasteiger partial charge in [0, 0.05) is 5.92 Å². The second-order valence-corrected chi connectivity index (χ2v) is 6.70. The van der Waals surface area contributed by atoms with Crippen LogP contribution in [0.5, 0.6) is 0 Å². The number of hydrogen-bond acceptors (Lipinski definition) is 9. The molecule has 0 saturated carbocycles. The number of anilines is 1. The Hall–Kier alpha value is -1.86. The number of ether oxygens (including phenoxy) is 1. The lowest BCUT2D eigenvalue weighted by Crippen LogP contribution is -2.31. The number of nitrogens with zero attached hydrogens (tertiary/aromatic N) is 3. The number of nitrogen functional groups attached to an aromatic ring is 1. The molecule has 1 aliphatic rings. The second kappa shape index (κ2) is 6.46. The van der Waals surface area contributed by atoms with E-state index in [0.29, 0.717) is 0 Å². The minimum Gasteiger partial charge on any atom is -0.396 e. The van der Waals surface area contributed by atoms with E-state index in [1.807, 2.05) is 0 Å². The van der Waals surface area contributed by atoms with Crippen LogP contribution in [0.25, 0.3) is 11.2 Å².